The number of hydrogen-bond acceptors (Lipinski definition) is 1. The Morgan fingerprint density at radius 2 is 1.79 bits per heavy atom. The number of anilines is 1. The SMILES string of the molecule is Cc1cc(F)c(Br)cc1NC(C)c1ccccc1F. The Balaban J connectivity index is 2.27. The second kappa shape index (κ2) is 5.70. The molecule has 4 heteroatoms. The molecule has 0 aliphatic rings. The molecule has 1 unspecified atom stereocenters. The number of hydrogen-bond donors (Lipinski definition) is 1. The van der Waals surface area contributed by atoms with E-state index >= 15 is 0 Å². The molecule has 1 nitrogen and oxygen atoms in total. The zero-order valence-corrected chi connectivity index (χ0v) is 12.3. The van der Waals surface area contributed by atoms with Crippen molar-refractivity contribution in [3.63, 3.8) is 0 Å². The van der Waals surface area contributed by atoms with Gasteiger partial charge in [-0.3, -0.25) is 0 Å². The highest BCUT2D eigenvalue weighted by Gasteiger charge is 2.12. The lowest BCUT2D eigenvalue weighted by Gasteiger charge is -2.18. The van der Waals surface area contributed by atoms with Gasteiger partial charge in [0.2, 0.25) is 0 Å². The molecule has 0 aliphatic heterocycles. The van der Waals surface area contributed by atoms with Gasteiger partial charge < -0.3 is 5.32 Å². The standard InChI is InChI=1S/C15H14BrF2N/c1-9-7-14(18)12(16)8-15(9)19-10(2)11-5-3-4-6-13(11)17/h3-8,10,19H,1-2H3. The second-order valence-corrected chi connectivity index (χ2v) is 5.32. The molecule has 1 N–H and O–H groups in total. The number of rotatable bonds is 3. The summed E-state index contributed by atoms with van der Waals surface area (Å²) in [6.07, 6.45) is 0. The molecule has 1 atom stereocenters. The average molecular weight is 326 g/mol. The van der Waals surface area contributed by atoms with Crippen molar-refractivity contribution in [2.45, 2.75) is 19.9 Å². The Morgan fingerprint density at radius 3 is 2.47 bits per heavy atom. The summed E-state index contributed by atoms with van der Waals surface area (Å²) in [6, 6.07) is 9.54. The summed E-state index contributed by atoms with van der Waals surface area (Å²) in [5.41, 5.74) is 2.15. The molecule has 0 spiro atoms. The summed E-state index contributed by atoms with van der Waals surface area (Å²) < 4.78 is 27.4. The van der Waals surface area contributed by atoms with Crippen LogP contribution in [-0.4, -0.2) is 0 Å². The molecule has 0 amide bonds. The van der Waals surface area contributed by atoms with Crippen LogP contribution in [-0.2, 0) is 0 Å². The monoisotopic (exact) mass is 325 g/mol. The molecule has 2 rings (SSSR count). The van der Waals surface area contributed by atoms with Gasteiger partial charge in [-0.25, -0.2) is 8.78 Å². The van der Waals surface area contributed by atoms with Crippen molar-refractivity contribution in [3.05, 3.63) is 63.6 Å². The van der Waals surface area contributed by atoms with Crippen LogP contribution in [0, 0.1) is 18.6 Å². The van der Waals surface area contributed by atoms with Crippen molar-refractivity contribution in [3.8, 4) is 0 Å². The molecule has 0 aliphatic carbocycles. The van der Waals surface area contributed by atoms with Gasteiger partial charge in [0.1, 0.15) is 11.6 Å². The van der Waals surface area contributed by atoms with E-state index in [1.165, 1.54) is 12.1 Å². The van der Waals surface area contributed by atoms with E-state index in [-0.39, 0.29) is 17.7 Å². The minimum atomic E-state index is -0.304. The highest BCUT2D eigenvalue weighted by atomic mass is 79.9. The lowest BCUT2D eigenvalue weighted by Crippen LogP contribution is -2.09. The quantitative estimate of drug-likeness (QED) is 0.816. The molecule has 100 valence electrons. The van der Waals surface area contributed by atoms with Gasteiger partial charge in [-0.15, -0.1) is 0 Å². The Labute approximate surface area is 119 Å². The van der Waals surface area contributed by atoms with E-state index in [0.29, 0.717) is 10.0 Å². The highest BCUT2D eigenvalue weighted by Crippen LogP contribution is 2.28. The fourth-order valence-electron chi connectivity index (χ4n) is 1.94. The van der Waals surface area contributed by atoms with E-state index in [4.69, 9.17) is 0 Å². The second-order valence-electron chi connectivity index (χ2n) is 4.47. The molecule has 2 aromatic rings. The molecular weight excluding hydrogens is 312 g/mol. The van der Waals surface area contributed by atoms with E-state index in [0.717, 1.165) is 11.3 Å². The van der Waals surface area contributed by atoms with Gasteiger partial charge in [-0.1, -0.05) is 18.2 Å². The van der Waals surface area contributed by atoms with Crippen LogP contribution >= 0.6 is 15.9 Å². The third-order valence-corrected chi connectivity index (χ3v) is 3.62. The molecule has 0 radical (unpaired) electrons. The molecule has 0 bridgehead atoms. The fourth-order valence-corrected chi connectivity index (χ4v) is 2.28. The van der Waals surface area contributed by atoms with Crippen molar-refractivity contribution < 1.29 is 8.78 Å². The topological polar surface area (TPSA) is 12.0 Å². The lowest BCUT2D eigenvalue weighted by molar-refractivity contribution is 0.600. The number of benzene rings is 2. The van der Waals surface area contributed by atoms with Gasteiger partial charge in [0.25, 0.3) is 0 Å². The summed E-state index contributed by atoms with van der Waals surface area (Å²) in [4.78, 5) is 0. The molecule has 0 aromatic heterocycles. The van der Waals surface area contributed by atoms with Gasteiger partial charge in [-0.2, -0.15) is 0 Å². The van der Waals surface area contributed by atoms with E-state index in [2.05, 4.69) is 21.2 Å². The summed E-state index contributed by atoms with van der Waals surface area (Å²) in [6.45, 7) is 3.68. The highest BCUT2D eigenvalue weighted by molar-refractivity contribution is 9.10. The fraction of sp³-hybridized carbons (Fsp3) is 0.200. The normalized spacial score (nSPS) is 12.3. The van der Waals surface area contributed by atoms with Crippen molar-refractivity contribution in [1.82, 2.24) is 0 Å². The van der Waals surface area contributed by atoms with Crippen molar-refractivity contribution in [2.75, 3.05) is 5.32 Å². The van der Waals surface area contributed by atoms with Crippen LogP contribution in [0.4, 0.5) is 14.5 Å². The van der Waals surface area contributed by atoms with Crippen molar-refractivity contribution in [2.24, 2.45) is 0 Å². The van der Waals surface area contributed by atoms with E-state index in [1.54, 1.807) is 24.3 Å². The van der Waals surface area contributed by atoms with Crippen LogP contribution in [0.1, 0.15) is 24.1 Å². The van der Waals surface area contributed by atoms with Crippen LogP contribution in [0.15, 0.2) is 40.9 Å². The van der Waals surface area contributed by atoms with Gasteiger partial charge >= 0.3 is 0 Å². The van der Waals surface area contributed by atoms with Crippen LogP contribution in [0.3, 0.4) is 0 Å². The smallest absolute Gasteiger partial charge is 0.137 e. The molecule has 0 heterocycles. The Bertz CT molecular complexity index is 599. The largest absolute Gasteiger partial charge is 0.378 e. The molecule has 0 saturated carbocycles. The Kier molecular flexibility index (Phi) is 4.20. The summed E-state index contributed by atoms with van der Waals surface area (Å²) in [5, 5.41) is 3.20. The summed E-state index contributed by atoms with van der Waals surface area (Å²) in [5.74, 6) is -0.553. The van der Waals surface area contributed by atoms with E-state index in [9.17, 15) is 8.78 Å². The van der Waals surface area contributed by atoms with Gasteiger partial charge in [0.05, 0.1) is 10.5 Å². The first-order valence-electron chi connectivity index (χ1n) is 5.95. The van der Waals surface area contributed by atoms with E-state index < -0.39 is 0 Å². The lowest BCUT2D eigenvalue weighted by atomic mass is 10.1. The number of nitrogens with one attached hydrogen (secondary N) is 1. The van der Waals surface area contributed by atoms with Crippen LogP contribution in [0.25, 0.3) is 0 Å². The van der Waals surface area contributed by atoms with Crippen LogP contribution < -0.4 is 5.32 Å². The molecule has 2 aromatic carbocycles. The first-order chi connectivity index (χ1) is 8.99. The van der Waals surface area contributed by atoms with Crippen LogP contribution in [0.5, 0.6) is 0 Å². The molecular formula is C15H14BrF2N. The Hall–Kier alpha value is -1.42. The first-order valence-corrected chi connectivity index (χ1v) is 6.75. The van der Waals surface area contributed by atoms with Gasteiger partial charge in [0.15, 0.2) is 0 Å². The predicted molar refractivity (Wildman–Crippen MR) is 77.3 cm³/mol. The zero-order chi connectivity index (χ0) is 14.0. The third-order valence-electron chi connectivity index (χ3n) is 3.01. The molecule has 0 fully saturated rings. The predicted octanol–water partition coefficient (Wildman–Crippen LogP) is 5.21. The first kappa shape index (κ1) is 14.0. The minimum Gasteiger partial charge on any atom is -0.378 e. The van der Waals surface area contributed by atoms with Gasteiger partial charge in [-0.05, 0) is 53.5 Å². The summed E-state index contributed by atoms with van der Waals surface area (Å²) in [7, 11) is 0. The molecule has 0 saturated heterocycles. The number of aryl methyl sites for hydroxylation is 1. The average Bonchev–Trinajstić information content (AvgIpc) is 2.36. The zero-order valence-electron chi connectivity index (χ0n) is 10.7. The number of halogens is 3. The third kappa shape index (κ3) is 3.13. The Morgan fingerprint density at radius 1 is 1.11 bits per heavy atom. The molecule has 19 heavy (non-hydrogen) atoms. The maximum atomic E-state index is 13.7. The minimum absolute atomic E-state index is 0.197. The van der Waals surface area contributed by atoms with Crippen LogP contribution in [0.2, 0.25) is 0 Å². The van der Waals surface area contributed by atoms with E-state index in [1.807, 2.05) is 13.8 Å². The summed E-state index contributed by atoms with van der Waals surface area (Å²) >= 11 is 3.15. The van der Waals surface area contributed by atoms with Gasteiger partial charge in [0, 0.05) is 11.3 Å². The van der Waals surface area contributed by atoms with Crippen molar-refractivity contribution in [1.29, 1.82) is 0 Å². The van der Waals surface area contributed by atoms with Crippen molar-refractivity contribution >= 4 is 21.6 Å². The maximum Gasteiger partial charge on any atom is 0.137 e. The maximum absolute atomic E-state index is 13.7.